The molecule has 0 aromatic heterocycles. The average Bonchev–Trinajstić information content (AvgIpc) is 2.55. The number of nitrogens with one attached hydrogen (secondary N) is 1. The molecule has 0 unspecified atom stereocenters. The first-order valence-electron chi connectivity index (χ1n) is 6.89. The Labute approximate surface area is 146 Å². The summed E-state index contributed by atoms with van der Waals surface area (Å²) < 4.78 is 5.22. The van der Waals surface area contributed by atoms with Gasteiger partial charge < -0.3 is 10.1 Å². The van der Waals surface area contributed by atoms with Crippen LogP contribution < -0.4 is 10.1 Å². The van der Waals surface area contributed by atoms with Gasteiger partial charge >= 0.3 is 0 Å². The number of carbonyl (C=O) groups excluding carboxylic acids is 1. The van der Waals surface area contributed by atoms with E-state index in [1.807, 2.05) is 0 Å². The number of benzene rings is 2. The van der Waals surface area contributed by atoms with Gasteiger partial charge in [-0.1, -0.05) is 17.7 Å². The molecule has 0 spiro atoms. The van der Waals surface area contributed by atoms with Crippen LogP contribution in [0.3, 0.4) is 0 Å². The number of hydrogen-bond donors (Lipinski definition) is 1. The highest BCUT2D eigenvalue weighted by Crippen LogP contribution is 2.28. The number of rotatable bonds is 6. The Hall–Kier alpha value is -3.20. The van der Waals surface area contributed by atoms with E-state index in [9.17, 15) is 25.0 Å². The zero-order chi connectivity index (χ0) is 18.6. The number of aryl methyl sites for hydroxylation is 1. The standard InChI is InChI=1S/C15H12ClN3O6/c1-9-2-3-11(19(23)24)7-13(9)17-15(20)8-25-14-5-4-10(18(21)22)6-12(14)16/h2-7H,8H2,1H3,(H,17,20). The Bertz CT molecular complexity index is 855. The SMILES string of the molecule is Cc1ccc([N+](=O)[O-])cc1NC(=O)COc1ccc([N+](=O)[O-])cc1Cl. The molecule has 0 saturated carbocycles. The van der Waals surface area contributed by atoms with E-state index in [4.69, 9.17) is 16.3 Å². The van der Waals surface area contributed by atoms with Crippen LogP contribution >= 0.6 is 11.6 Å². The highest BCUT2D eigenvalue weighted by atomic mass is 35.5. The minimum Gasteiger partial charge on any atom is -0.482 e. The summed E-state index contributed by atoms with van der Waals surface area (Å²) in [7, 11) is 0. The second kappa shape index (κ2) is 7.58. The van der Waals surface area contributed by atoms with Crippen molar-refractivity contribution >= 4 is 34.6 Å². The predicted octanol–water partition coefficient (Wildman–Crippen LogP) is 3.48. The van der Waals surface area contributed by atoms with Crippen molar-refractivity contribution in [1.29, 1.82) is 0 Å². The lowest BCUT2D eigenvalue weighted by molar-refractivity contribution is -0.385. The van der Waals surface area contributed by atoms with E-state index in [0.29, 0.717) is 5.56 Å². The van der Waals surface area contributed by atoms with Crippen molar-refractivity contribution in [2.45, 2.75) is 6.92 Å². The van der Waals surface area contributed by atoms with Gasteiger partial charge in [-0.25, -0.2) is 0 Å². The molecular formula is C15H12ClN3O6. The second-order valence-corrected chi connectivity index (χ2v) is 5.37. The number of nitro benzene ring substituents is 2. The number of nitrogens with zero attached hydrogens (tertiary/aromatic N) is 2. The van der Waals surface area contributed by atoms with E-state index in [0.717, 1.165) is 6.07 Å². The average molecular weight is 366 g/mol. The number of ether oxygens (including phenoxy) is 1. The van der Waals surface area contributed by atoms with Gasteiger partial charge in [-0.3, -0.25) is 25.0 Å². The molecule has 0 aliphatic heterocycles. The van der Waals surface area contributed by atoms with Crippen molar-refractivity contribution in [3.63, 3.8) is 0 Å². The van der Waals surface area contributed by atoms with Gasteiger partial charge in [-0.05, 0) is 18.6 Å². The van der Waals surface area contributed by atoms with Crippen LogP contribution in [0, 0.1) is 27.2 Å². The molecule has 0 saturated heterocycles. The van der Waals surface area contributed by atoms with Crippen molar-refractivity contribution in [3.8, 4) is 5.75 Å². The number of amides is 1. The predicted molar refractivity (Wildman–Crippen MR) is 90.1 cm³/mol. The van der Waals surface area contributed by atoms with Gasteiger partial charge in [-0.2, -0.15) is 0 Å². The molecule has 0 heterocycles. The van der Waals surface area contributed by atoms with Gasteiger partial charge in [0.15, 0.2) is 6.61 Å². The summed E-state index contributed by atoms with van der Waals surface area (Å²) >= 11 is 5.86. The molecule has 10 heteroatoms. The molecule has 1 amide bonds. The minimum atomic E-state index is -0.604. The summed E-state index contributed by atoms with van der Waals surface area (Å²) in [4.78, 5) is 32.2. The first-order valence-corrected chi connectivity index (χ1v) is 7.27. The van der Waals surface area contributed by atoms with E-state index in [1.165, 1.54) is 30.3 Å². The summed E-state index contributed by atoms with van der Waals surface area (Å²) in [6.07, 6.45) is 0. The quantitative estimate of drug-likeness (QED) is 0.617. The van der Waals surface area contributed by atoms with Gasteiger partial charge in [0.05, 0.1) is 20.6 Å². The highest BCUT2D eigenvalue weighted by Gasteiger charge is 2.14. The lowest BCUT2D eigenvalue weighted by Gasteiger charge is -2.10. The zero-order valence-corrected chi connectivity index (χ0v) is 13.6. The topological polar surface area (TPSA) is 125 Å². The monoisotopic (exact) mass is 365 g/mol. The van der Waals surface area contributed by atoms with Crippen molar-refractivity contribution < 1.29 is 19.4 Å². The maximum Gasteiger partial charge on any atom is 0.271 e. The number of nitro groups is 2. The van der Waals surface area contributed by atoms with E-state index in [2.05, 4.69) is 5.32 Å². The smallest absolute Gasteiger partial charge is 0.271 e. The van der Waals surface area contributed by atoms with Crippen LogP contribution in [0.2, 0.25) is 5.02 Å². The van der Waals surface area contributed by atoms with Gasteiger partial charge in [0, 0.05) is 24.3 Å². The van der Waals surface area contributed by atoms with Crippen molar-refractivity contribution in [2.24, 2.45) is 0 Å². The molecule has 0 fully saturated rings. The highest BCUT2D eigenvalue weighted by molar-refractivity contribution is 6.32. The first-order chi connectivity index (χ1) is 11.8. The zero-order valence-electron chi connectivity index (χ0n) is 12.9. The van der Waals surface area contributed by atoms with Crippen LogP contribution in [0.15, 0.2) is 36.4 Å². The maximum atomic E-state index is 11.9. The molecule has 9 nitrogen and oxygen atoms in total. The van der Waals surface area contributed by atoms with Gasteiger partial charge in [0.25, 0.3) is 17.3 Å². The molecule has 0 aliphatic carbocycles. The Balaban J connectivity index is 2.03. The molecule has 0 aliphatic rings. The number of non-ortho nitro benzene ring substituents is 2. The third kappa shape index (κ3) is 4.64. The Morgan fingerprint density at radius 2 is 1.72 bits per heavy atom. The summed E-state index contributed by atoms with van der Waals surface area (Å²) in [5.74, 6) is -0.448. The number of halogens is 1. The lowest BCUT2D eigenvalue weighted by atomic mass is 10.2. The van der Waals surface area contributed by atoms with Gasteiger partial charge in [0.1, 0.15) is 5.75 Å². The van der Waals surface area contributed by atoms with Crippen LogP contribution in [0.5, 0.6) is 5.75 Å². The van der Waals surface area contributed by atoms with Crippen molar-refractivity contribution in [3.05, 3.63) is 67.2 Å². The largest absolute Gasteiger partial charge is 0.482 e. The summed E-state index contributed by atoms with van der Waals surface area (Å²) in [6.45, 7) is 1.27. The number of carbonyl (C=O) groups is 1. The second-order valence-electron chi connectivity index (χ2n) is 4.97. The Morgan fingerprint density at radius 3 is 2.32 bits per heavy atom. The van der Waals surface area contributed by atoms with Crippen molar-refractivity contribution in [2.75, 3.05) is 11.9 Å². The van der Waals surface area contributed by atoms with Crippen LogP contribution in [0.25, 0.3) is 0 Å². The molecule has 2 aromatic carbocycles. The molecule has 1 N–H and O–H groups in total. The molecular weight excluding hydrogens is 354 g/mol. The van der Waals surface area contributed by atoms with Crippen LogP contribution in [0.1, 0.15) is 5.56 Å². The van der Waals surface area contributed by atoms with E-state index in [1.54, 1.807) is 6.92 Å². The third-order valence-corrected chi connectivity index (χ3v) is 3.49. The number of anilines is 1. The molecule has 2 rings (SSSR count). The Kier molecular flexibility index (Phi) is 5.50. The maximum absolute atomic E-state index is 11.9. The van der Waals surface area contributed by atoms with E-state index in [-0.39, 0.29) is 27.8 Å². The molecule has 0 radical (unpaired) electrons. The summed E-state index contributed by atoms with van der Waals surface area (Å²) in [5, 5.41) is 23.9. The van der Waals surface area contributed by atoms with Crippen molar-refractivity contribution in [1.82, 2.24) is 0 Å². The molecule has 25 heavy (non-hydrogen) atoms. The minimum absolute atomic E-state index is 0.00599. The normalized spacial score (nSPS) is 10.2. The van der Waals surface area contributed by atoms with Crippen LogP contribution in [0.4, 0.5) is 17.1 Å². The molecule has 130 valence electrons. The lowest BCUT2D eigenvalue weighted by Crippen LogP contribution is -2.20. The number of hydrogen-bond acceptors (Lipinski definition) is 6. The fourth-order valence-corrected chi connectivity index (χ4v) is 2.14. The van der Waals surface area contributed by atoms with Crippen LogP contribution in [-0.2, 0) is 4.79 Å². The molecule has 2 aromatic rings. The molecule has 0 atom stereocenters. The fourth-order valence-electron chi connectivity index (χ4n) is 1.91. The first kappa shape index (κ1) is 18.1. The van der Waals surface area contributed by atoms with Crippen LogP contribution in [-0.4, -0.2) is 22.4 Å². The molecule has 0 bridgehead atoms. The van der Waals surface area contributed by atoms with Gasteiger partial charge in [0.2, 0.25) is 0 Å². The summed E-state index contributed by atoms with van der Waals surface area (Å²) in [6, 6.07) is 7.68. The fraction of sp³-hybridized carbons (Fsp3) is 0.133. The third-order valence-electron chi connectivity index (χ3n) is 3.19. The Morgan fingerprint density at radius 1 is 1.12 bits per heavy atom. The van der Waals surface area contributed by atoms with Gasteiger partial charge in [-0.15, -0.1) is 0 Å². The summed E-state index contributed by atoms with van der Waals surface area (Å²) in [5.41, 5.74) is 0.583. The van der Waals surface area contributed by atoms with E-state index < -0.39 is 22.4 Å². The van der Waals surface area contributed by atoms with E-state index >= 15 is 0 Å².